The Kier molecular flexibility index (Phi) is 5.75. The molecule has 3 heterocycles. The summed E-state index contributed by atoms with van der Waals surface area (Å²) in [6, 6.07) is 4.08. The summed E-state index contributed by atoms with van der Waals surface area (Å²) in [6.07, 6.45) is 6.18. The van der Waals surface area contributed by atoms with Crippen LogP contribution in [0.4, 0.5) is 10.3 Å². The maximum atomic E-state index is 13.4. The molecule has 0 bridgehead atoms. The molecule has 0 unspecified atom stereocenters. The van der Waals surface area contributed by atoms with Gasteiger partial charge in [0.15, 0.2) is 0 Å². The van der Waals surface area contributed by atoms with Crippen molar-refractivity contribution in [1.29, 1.82) is 0 Å². The highest BCUT2D eigenvalue weighted by Crippen LogP contribution is 2.28. The minimum Gasteiger partial charge on any atom is -0.489 e. The van der Waals surface area contributed by atoms with Crippen LogP contribution in [0.15, 0.2) is 36.8 Å². The first kappa shape index (κ1) is 20.0. The van der Waals surface area contributed by atoms with E-state index in [0.717, 1.165) is 12.8 Å². The van der Waals surface area contributed by atoms with Crippen LogP contribution in [0, 0.1) is 5.82 Å². The van der Waals surface area contributed by atoms with Gasteiger partial charge in [-0.2, -0.15) is 0 Å². The zero-order valence-corrected chi connectivity index (χ0v) is 16.5. The van der Waals surface area contributed by atoms with Crippen LogP contribution in [-0.2, 0) is 11.3 Å². The first-order valence-corrected chi connectivity index (χ1v) is 9.67. The smallest absolute Gasteiger partial charge is 0.325 e. The molecule has 0 aliphatic carbocycles. The van der Waals surface area contributed by atoms with E-state index in [1.807, 2.05) is 4.90 Å². The number of piperidine rings is 1. The maximum absolute atomic E-state index is 13.4. The molecule has 1 saturated heterocycles. The number of nitrogens with zero attached hydrogens (tertiary/aromatic N) is 6. The van der Waals surface area contributed by atoms with Gasteiger partial charge in [0.2, 0.25) is 5.95 Å². The summed E-state index contributed by atoms with van der Waals surface area (Å²) < 4.78 is 20.5. The Morgan fingerprint density at radius 3 is 2.70 bits per heavy atom. The predicted molar refractivity (Wildman–Crippen MR) is 106 cm³/mol. The van der Waals surface area contributed by atoms with E-state index in [-0.39, 0.29) is 18.5 Å². The molecule has 1 N–H and O–H groups in total. The molecule has 1 fully saturated rings. The third-order valence-electron chi connectivity index (χ3n) is 4.68. The number of anilines is 1. The second-order valence-corrected chi connectivity index (χ2v) is 7.25. The first-order valence-electron chi connectivity index (χ1n) is 9.29. The molecular weight excluding hydrogens is 415 g/mol. The molecule has 2 aromatic heterocycles. The number of carbonyl (C=O) groups is 1. The Balaban J connectivity index is 1.35. The van der Waals surface area contributed by atoms with Crippen molar-refractivity contribution in [2.45, 2.75) is 25.5 Å². The van der Waals surface area contributed by atoms with Crippen LogP contribution in [0.2, 0.25) is 5.02 Å². The van der Waals surface area contributed by atoms with E-state index in [0.29, 0.717) is 41.1 Å². The predicted octanol–water partition coefficient (Wildman–Crippen LogP) is 2.66. The fraction of sp³-hybridized carbons (Fsp3) is 0.316. The molecule has 3 aromatic rings. The number of hydrogen-bond acceptors (Lipinski definition) is 7. The van der Waals surface area contributed by atoms with Crippen molar-refractivity contribution >= 4 is 23.5 Å². The lowest BCUT2D eigenvalue weighted by atomic mass is 10.1. The monoisotopic (exact) mass is 432 g/mol. The number of aliphatic carboxylic acids is 1. The minimum absolute atomic E-state index is 0.0657. The summed E-state index contributed by atoms with van der Waals surface area (Å²) in [7, 11) is 0. The molecule has 0 spiro atoms. The maximum Gasteiger partial charge on any atom is 0.325 e. The van der Waals surface area contributed by atoms with Crippen LogP contribution in [0.25, 0.3) is 11.3 Å². The first-order chi connectivity index (χ1) is 14.5. The van der Waals surface area contributed by atoms with E-state index in [9.17, 15) is 9.18 Å². The SMILES string of the molecule is O=C(O)Cn1cc(-c2cnc(N3CCC(Oc4cc(F)ccc4Cl)CC3)nc2)nn1. The fourth-order valence-electron chi connectivity index (χ4n) is 3.18. The van der Waals surface area contributed by atoms with E-state index in [1.165, 1.54) is 29.1 Å². The number of ether oxygens (including phenoxy) is 1. The molecule has 4 rings (SSSR count). The average Bonchev–Trinajstić information content (AvgIpc) is 3.19. The lowest BCUT2D eigenvalue weighted by Crippen LogP contribution is -2.39. The van der Waals surface area contributed by atoms with Gasteiger partial charge in [0.25, 0.3) is 0 Å². The molecule has 0 amide bonds. The average molecular weight is 433 g/mol. The third-order valence-corrected chi connectivity index (χ3v) is 4.99. The van der Waals surface area contributed by atoms with Crippen molar-refractivity contribution in [3.05, 3.63) is 47.6 Å². The molecule has 156 valence electrons. The second-order valence-electron chi connectivity index (χ2n) is 6.85. The van der Waals surface area contributed by atoms with Gasteiger partial charge in [0.05, 0.1) is 11.2 Å². The van der Waals surface area contributed by atoms with Gasteiger partial charge < -0.3 is 14.7 Å². The molecule has 30 heavy (non-hydrogen) atoms. The molecule has 9 nitrogen and oxygen atoms in total. The number of carboxylic acids is 1. The Bertz CT molecular complexity index is 1040. The zero-order chi connectivity index (χ0) is 21.1. The number of halogens is 2. The highest BCUT2D eigenvalue weighted by atomic mass is 35.5. The number of carboxylic acid groups (broad SMARTS) is 1. The van der Waals surface area contributed by atoms with Crippen LogP contribution >= 0.6 is 11.6 Å². The second kappa shape index (κ2) is 8.62. The lowest BCUT2D eigenvalue weighted by molar-refractivity contribution is -0.137. The van der Waals surface area contributed by atoms with Gasteiger partial charge in [-0.15, -0.1) is 5.10 Å². The largest absolute Gasteiger partial charge is 0.489 e. The van der Waals surface area contributed by atoms with Crippen LogP contribution < -0.4 is 9.64 Å². The molecule has 11 heteroatoms. The molecular formula is C19H18ClFN6O3. The van der Waals surface area contributed by atoms with E-state index in [2.05, 4.69) is 20.3 Å². The van der Waals surface area contributed by atoms with Crippen LogP contribution in [-0.4, -0.2) is 55.2 Å². The van der Waals surface area contributed by atoms with Crippen molar-refractivity contribution in [3.8, 4) is 17.0 Å². The Labute approximate surface area is 176 Å². The molecule has 1 aliphatic rings. The van der Waals surface area contributed by atoms with Gasteiger partial charge in [-0.05, 0) is 12.1 Å². The molecule has 0 atom stereocenters. The quantitative estimate of drug-likeness (QED) is 0.633. The fourth-order valence-corrected chi connectivity index (χ4v) is 3.35. The molecule has 1 aliphatic heterocycles. The summed E-state index contributed by atoms with van der Waals surface area (Å²) in [5, 5.41) is 16.9. The van der Waals surface area contributed by atoms with E-state index in [1.54, 1.807) is 12.4 Å². The van der Waals surface area contributed by atoms with Gasteiger partial charge >= 0.3 is 5.97 Å². The van der Waals surface area contributed by atoms with Crippen LogP contribution in [0.3, 0.4) is 0 Å². The summed E-state index contributed by atoms with van der Waals surface area (Å²) in [5.74, 6) is -0.445. The normalized spacial score (nSPS) is 14.7. The standard InChI is InChI=1S/C19H18ClFN6O3/c20-15-2-1-13(21)7-17(15)30-14-3-5-26(6-4-14)19-22-8-12(9-23-19)16-10-27(25-24-16)11-18(28)29/h1-2,7-10,14H,3-6,11H2,(H,28,29). The van der Waals surface area contributed by atoms with Crippen molar-refractivity contribution in [2.75, 3.05) is 18.0 Å². The van der Waals surface area contributed by atoms with Crippen LogP contribution in [0.1, 0.15) is 12.8 Å². The van der Waals surface area contributed by atoms with Gasteiger partial charge in [-0.1, -0.05) is 16.8 Å². The zero-order valence-electron chi connectivity index (χ0n) is 15.8. The van der Waals surface area contributed by atoms with E-state index in [4.69, 9.17) is 21.4 Å². The third kappa shape index (κ3) is 4.65. The van der Waals surface area contributed by atoms with Crippen molar-refractivity contribution in [2.24, 2.45) is 0 Å². The lowest BCUT2D eigenvalue weighted by Gasteiger charge is -2.32. The number of rotatable bonds is 6. The van der Waals surface area contributed by atoms with Gasteiger partial charge in [0, 0.05) is 50.0 Å². The number of benzene rings is 1. The Hall–Kier alpha value is -3.27. The van der Waals surface area contributed by atoms with Gasteiger partial charge in [-0.3, -0.25) is 4.79 Å². The Morgan fingerprint density at radius 2 is 2.00 bits per heavy atom. The number of hydrogen-bond donors (Lipinski definition) is 1. The summed E-state index contributed by atoms with van der Waals surface area (Å²) in [5.41, 5.74) is 1.15. The summed E-state index contributed by atoms with van der Waals surface area (Å²) in [6.45, 7) is 1.11. The Morgan fingerprint density at radius 1 is 1.27 bits per heavy atom. The van der Waals surface area contributed by atoms with E-state index < -0.39 is 5.97 Å². The highest BCUT2D eigenvalue weighted by Gasteiger charge is 2.23. The van der Waals surface area contributed by atoms with E-state index >= 15 is 0 Å². The van der Waals surface area contributed by atoms with Gasteiger partial charge in [-0.25, -0.2) is 19.0 Å². The number of aromatic nitrogens is 5. The van der Waals surface area contributed by atoms with Crippen LogP contribution in [0.5, 0.6) is 5.75 Å². The topological polar surface area (TPSA) is 106 Å². The summed E-state index contributed by atoms with van der Waals surface area (Å²) >= 11 is 6.07. The molecule has 0 saturated carbocycles. The molecule has 0 radical (unpaired) electrons. The highest BCUT2D eigenvalue weighted by molar-refractivity contribution is 6.32. The van der Waals surface area contributed by atoms with Crippen molar-refractivity contribution < 1.29 is 19.0 Å². The van der Waals surface area contributed by atoms with Crippen molar-refractivity contribution in [3.63, 3.8) is 0 Å². The minimum atomic E-state index is -0.995. The summed E-state index contributed by atoms with van der Waals surface area (Å²) in [4.78, 5) is 21.6. The molecule has 1 aromatic carbocycles. The van der Waals surface area contributed by atoms with Gasteiger partial charge in [0.1, 0.15) is 29.9 Å². The van der Waals surface area contributed by atoms with Crippen molar-refractivity contribution in [1.82, 2.24) is 25.0 Å².